The lowest BCUT2D eigenvalue weighted by Crippen LogP contribution is -2.37. The third-order valence-corrected chi connectivity index (χ3v) is 2.54. The summed E-state index contributed by atoms with van der Waals surface area (Å²) in [5, 5.41) is 20.9. The first-order valence-electron chi connectivity index (χ1n) is 4.75. The molecule has 0 bridgehead atoms. The van der Waals surface area contributed by atoms with E-state index in [0.29, 0.717) is 6.54 Å². The number of nitrogens with one attached hydrogen (secondary N) is 1. The summed E-state index contributed by atoms with van der Waals surface area (Å²) in [7, 11) is 0. The van der Waals surface area contributed by atoms with Gasteiger partial charge in [0.15, 0.2) is 0 Å². The lowest BCUT2D eigenvalue weighted by Gasteiger charge is -2.15. The van der Waals surface area contributed by atoms with Crippen LogP contribution in [0, 0.1) is 5.92 Å². The molecule has 4 heteroatoms. The summed E-state index contributed by atoms with van der Waals surface area (Å²) < 4.78 is 0. The first-order valence-corrected chi connectivity index (χ1v) is 4.75. The number of hydrogen-bond acceptors (Lipinski definition) is 3. The van der Waals surface area contributed by atoms with Crippen molar-refractivity contribution in [2.75, 3.05) is 6.54 Å². The molecule has 1 rings (SSSR count). The maximum atomic E-state index is 11.0. The molecule has 1 fully saturated rings. The molecule has 13 heavy (non-hydrogen) atoms. The maximum absolute atomic E-state index is 11.0. The molecule has 0 aromatic rings. The average molecular weight is 187 g/mol. The second-order valence-corrected chi connectivity index (χ2v) is 3.68. The highest BCUT2D eigenvalue weighted by Gasteiger charge is 2.25. The van der Waals surface area contributed by atoms with Gasteiger partial charge >= 0.3 is 0 Å². The number of carbonyl (C=O) groups is 1. The van der Waals surface area contributed by atoms with Gasteiger partial charge in [-0.15, -0.1) is 0 Å². The van der Waals surface area contributed by atoms with Gasteiger partial charge in [-0.25, -0.2) is 0 Å². The Balaban J connectivity index is 2.22. The highest BCUT2D eigenvalue weighted by Crippen LogP contribution is 2.24. The van der Waals surface area contributed by atoms with Gasteiger partial charge < -0.3 is 15.5 Å². The van der Waals surface area contributed by atoms with Crippen LogP contribution in [0.25, 0.3) is 0 Å². The topological polar surface area (TPSA) is 69.6 Å². The molecule has 0 aromatic carbocycles. The fourth-order valence-corrected chi connectivity index (χ4v) is 1.63. The van der Waals surface area contributed by atoms with Crippen molar-refractivity contribution < 1.29 is 15.0 Å². The smallest absolute Gasteiger partial charge is 0.248 e. The van der Waals surface area contributed by atoms with Crippen molar-refractivity contribution in [2.45, 2.75) is 38.4 Å². The molecule has 0 aliphatic heterocycles. The Morgan fingerprint density at radius 3 is 2.77 bits per heavy atom. The van der Waals surface area contributed by atoms with Crippen LogP contribution in [0.1, 0.15) is 26.2 Å². The lowest BCUT2D eigenvalue weighted by molar-refractivity contribution is -0.128. The monoisotopic (exact) mass is 187 g/mol. The summed E-state index contributed by atoms with van der Waals surface area (Å²) in [5.74, 6) is -0.193. The van der Waals surface area contributed by atoms with Gasteiger partial charge in [0.05, 0.1) is 6.10 Å². The lowest BCUT2D eigenvalue weighted by atomic mass is 10.1. The van der Waals surface area contributed by atoms with Crippen molar-refractivity contribution in [1.29, 1.82) is 0 Å². The van der Waals surface area contributed by atoms with Crippen molar-refractivity contribution in [3.8, 4) is 0 Å². The molecule has 0 spiro atoms. The molecule has 1 saturated carbocycles. The number of aliphatic hydroxyl groups excluding tert-OH is 2. The predicted octanol–water partition coefficient (Wildman–Crippen LogP) is -0.356. The third-order valence-electron chi connectivity index (χ3n) is 2.54. The van der Waals surface area contributed by atoms with Crippen LogP contribution in [0.2, 0.25) is 0 Å². The number of amides is 1. The average Bonchev–Trinajstić information content (AvgIpc) is 2.47. The highest BCUT2D eigenvalue weighted by atomic mass is 16.3. The molecular weight excluding hydrogens is 170 g/mol. The Labute approximate surface area is 78.0 Å². The van der Waals surface area contributed by atoms with Crippen LogP contribution in [-0.2, 0) is 4.79 Å². The largest absolute Gasteiger partial charge is 0.393 e. The molecule has 4 nitrogen and oxygen atoms in total. The summed E-state index contributed by atoms with van der Waals surface area (Å²) in [6.45, 7) is 1.91. The summed E-state index contributed by atoms with van der Waals surface area (Å²) in [6, 6.07) is 0. The first-order chi connectivity index (χ1) is 6.11. The van der Waals surface area contributed by atoms with Gasteiger partial charge in [-0.05, 0) is 19.8 Å². The van der Waals surface area contributed by atoms with E-state index in [1.807, 2.05) is 0 Å². The van der Waals surface area contributed by atoms with Crippen LogP contribution in [0.3, 0.4) is 0 Å². The predicted molar refractivity (Wildman–Crippen MR) is 48.0 cm³/mol. The Hall–Kier alpha value is -0.610. The van der Waals surface area contributed by atoms with Crippen molar-refractivity contribution >= 4 is 5.91 Å². The zero-order valence-corrected chi connectivity index (χ0v) is 7.86. The molecule has 1 aliphatic rings. The Morgan fingerprint density at radius 2 is 2.31 bits per heavy atom. The van der Waals surface area contributed by atoms with Crippen LogP contribution >= 0.6 is 0 Å². The van der Waals surface area contributed by atoms with Crippen LogP contribution in [0.4, 0.5) is 0 Å². The number of carbonyl (C=O) groups excluding carboxylic acids is 1. The Bertz CT molecular complexity index is 182. The van der Waals surface area contributed by atoms with Crippen LogP contribution in [0.5, 0.6) is 0 Å². The van der Waals surface area contributed by atoms with Gasteiger partial charge in [-0.1, -0.05) is 6.42 Å². The SMILES string of the molecule is C[C@H](O)C(=O)NCC1CCCC1O. The highest BCUT2D eigenvalue weighted by molar-refractivity contribution is 5.79. The minimum atomic E-state index is -0.960. The van der Waals surface area contributed by atoms with E-state index in [-0.39, 0.29) is 17.9 Å². The van der Waals surface area contributed by atoms with E-state index >= 15 is 0 Å². The molecular formula is C9H17NO3. The molecule has 1 amide bonds. The molecule has 3 N–H and O–H groups in total. The fourth-order valence-electron chi connectivity index (χ4n) is 1.63. The van der Waals surface area contributed by atoms with E-state index in [9.17, 15) is 9.90 Å². The molecule has 0 heterocycles. The molecule has 1 aliphatic carbocycles. The number of rotatable bonds is 3. The van der Waals surface area contributed by atoms with E-state index in [4.69, 9.17) is 5.11 Å². The van der Waals surface area contributed by atoms with E-state index in [2.05, 4.69) is 5.32 Å². The summed E-state index contributed by atoms with van der Waals surface area (Å²) in [5.41, 5.74) is 0. The molecule has 2 unspecified atom stereocenters. The van der Waals surface area contributed by atoms with E-state index in [1.165, 1.54) is 6.92 Å². The Kier molecular flexibility index (Phi) is 3.69. The zero-order valence-electron chi connectivity index (χ0n) is 7.86. The van der Waals surface area contributed by atoms with Gasteiger partial charge in [-0.2, -0.15) is 0 Å². The van der Waals surface area contributed by atoms with E-state index in [1.54, 1.807) is 0 Å². The second-order valence-electron chi connectivity index (χ2n) is 3.68. The van der Waals surface area contributed by atoms with Crippen LogP contribution < -0.4 is 5.32 Å². The van der Waals surface area contributed by atoms with Gasteiger partial charge in [0, 0.05) is 12.5 Å². The third kappa shape index (κ3) is 2.97. The zero-order chi connectivity index (χ0) is 9.84. The molecule has 0 saturated heterocycles. The van der Waals surface area contributed by atoms with Crippen molar-refractivity contribution in [1.82, 2.24) is 5.32 Å². The van der Waals surface area contributed by atoms with Gasteiger partial charge in [0.25, 0.3) is 0 Å². The molecule has 0 aromatic heterocycles. The standard InChI is InChI=1S/C9H17NO3/c1-6(11)9(13)10-5-7-3-2-4-8(7)12/h6-8,11-12H,2-5H2,1H3,(H,10,13)/t6-,7?,8?/m0/s1. The summed E-state index contributed by atoms with van der Waals surface area (Å²) in [4.78, 5) is 11.0. The van der Waals surface area contributed by atoms with Gasteiger partial charge in [-0.3, -0.25) is 4.79 Å². The van der Waals surface area contributed by atoms with E-state index < -0.39 is 6.10 Å². The quantitative estimate of drug-likeness (QED) is 0.565. The summed E-state index contributed by atoms with van der Waals surface area (Å²) >= 11 is 0. The normalized spacial score (nSPS) is 30.1. The van der Waals surface area contributed by atoms with E-state index in [0.717, 1.165) is 19.3 Å². The van der Waals surface area contributed by atoms with Crippen molar-refractivity contribution in [2.24, 2.45) is 5.92 Å². The minimum Gasteiger partial charge on any atom is -0.393 e. The van der Waals surface area contributed by atoms with Crippen LogP contribution in [-0.4, -0.2) is 34.9 Å². The Morgan fingerprint density at radius 1 is 1.62 bits per heavy atom. The minimum absolute atomic E-state index is 0.169. The fraction of sp³-hybridized carbons (Fsp3) is 0.889. The second kappa shape index (κ2) is 4.58. The van der Waals surface area contributed by atoms with Gasteiger partial charge in [0.1, 0.15) is 6.10 Å². The maximum Gasteiger partial charge on any atom is 0.248 e. The molecule has 3 atom stereocenters. The molecule has 0 radical (unpaired) electrons. The summed E-state index contributed by atoms with van der Waals surface area (Å²) in [6.07, 6.45) is 1.57. The number of aliphatic hydroxyl groups is 2. The number of hydrogen-bond donors (Lipinski definition) is 3. The van der Waals surface area contributed by atoms with Crippen molar-refractivity contribution in [3.63, 3.8) is 0 Å². The first kappa shape index (κ1) is 10.5. The van der Waals surface area contributed by atoms with Crippen molar-refractivity contribution in [3.05, 3.63) is 0 Å². The van der Waals surface area contributed by atoms with Crippen LogP contribution in [0.15, 0.2) is 0 Å². The van der Waals surface area contributed by atoms with Gasteiger partial charge in [0.2, 0.25) is 5.91 Å². The molecule has 76 valence electrons.